The number of carbonyl (C=O) groups is 2. The molecule has 5 aliphatic rings. The first-order chi connectivity index (χ1) is 13.1. The summed E-state index contributed by atoms with van der Waals surface area (Å²) in [6.45, 7) is 11.0. The minimum absolute atomic E-state index is 0.0641. The molecule has 5 heteroatoms. The number of epoxide rings is 1. The van der Waals surface area contributed by atoms with E-state index in [4.69, 9.17) is 4.74 Å². The van der Waals surface area contributed by atoms with Gasteiger partial charge in [0, 0.05) is 22.9 Å². The molecule has 156 valence electrons. The summed E-state index contributed by atoms with van der Waals surface area (Å²) in [5.74, 6) is 2.38. The first kappa shape index (κ1) is 18.9. The Morgan fingerprint density at radius 3 is 2.57 bits per heavy atom. The van der Waals surface area contributed by atoms with E-state index in [1.165, 1.54) is 12.8 Å². The summed E-state index contributed by atoms with van der Waals surface area (Å²) in [5, 5.41) is 6.53. The fourth-order valence-electron chi connectivity index (χ4n) is 7.95. The zero-order chi connectivity index (χ0) is 20.1. The molecule has 0 radical (unpaired) electrons. The highest BCUT2D eigenvalue weighted by atomic mass is 16.6. The Labute approximate surface area is 168 Å². The van der Waals surface area contributed by atoms with Gasteiger partial charge >= 0.3 is 0 Å². The van der Waals surface area contributed by atoms with E-state index in [0.717, 1.165) is 25.7 Å². The van der Waals surface area contributed by atoms with Crippen molar-refractivity contribution in [2.24, 2.45) is 34.5 Å². The number of nitrogens with one attached hydrogen (secondary N) is 2. The van der Waals surface area contributed by atoms with Gasteiger partial charge in [0.15, 0.2) is 6.10 Å². The normalized spacial score (nSPS) is 51.9. The van der Waals surface area contributed by atoms with E-state index in [1.54, 1.807) is 0 Å². The van der Waals surface area contributed by atoms with Crippen molar-refractivity contribution in [2.75, 3.05) is 0 Å². The number of amides is 2. The number of rotatable bonds is 1. The zero-order valence-electron chi connectivity index (χ0n) is 18.0. The van der Waals surface area contributed by atoms with Gasteiger partial charge in [-0.15, -0.1) is 0 Å². The number of carbonyl (C=O) groups excluding carboxylic acids is 2. The molecular formula is C23H36N2O3. The van der Waals surface area contributed by atoms with Gasteiger partial charge in [-0.2, -0.15) is 0 Å². The third-order valence-electron chi connectivity index (χ3n) is 9.27. The Morgan fingerprint density at radius 1 is 1.11 bits per heavy atom. The molecule has 0 aromatic rings. The van der Waals surface area contributed by atoms with Gasteiger partial charge in [0.2, 0.25) is 5.91 Å². The number of hydrogen-bond donors (Lipinski definition) is 2. The van der Waals surface area contributed by atoms with E-state index < -0.39 is 0 Å². The van der Waals surface area contributed by atoms with Crippen LogP contribution in [0.25, 0.3) is 0 Å². The second kappa shape index (κ2) is 5.74. The van der Waals surface area contributed by atoms with Crippen LogP contribution in [0, 0.1) is 34.5 Å². The lowest BCUT2D eigenvalue weighted by molar-refractivity contribution is -0.139. The van der Waals surface area contributed by atoms with Crippen molar-refractivity contribution in [3.05, 3.63) is 0 Å². The van der Waals surface area contributed by atoms with Crippen molar-refractivity contribution in [1.82, 2.24) is 10.6 Å². The van der Waals surface area contributed by atoms with Crippen molar-refractivity contribution in [1.29, 1.82) is 0 Å². The van der Waals surface area contributed by atoms with Gasteiger partial charge < -0.3 is 15.4 Å². The lowest BCUT2D eigenvalue weighted by atomic mass is 9.47. The average molecular weight is 389 g/mol. The number of piperidine rings is 1. The van der Waals surface area contributed by atoms with Gasteiger partial charge in [-0.3, -0.25) is 9.59 Å². The van der Waals surface area contributed by atoms with E-state index >= 15 is 0 Å². The summed E-state index contributed by atoms with van der Waals surface area (Å²) in [5.41, 5.74) is 0.00287. The molecule has 0 bridgehead atoms. The van der Waals surface area contributed by atoms with Crippen LogP contribution in [0.3, 0.4) is 0 Å². The van der Waals surface area contributed by atoms with Crippen LogP contribution in [0.4, 0.5) is 0 Å². The Bertz CT molecular complexity index is 715. The van der Waals surface area contributed by atoms with Crippen molar-refractivity contribution in [3.63, 3.8) is 0 Å². The molecule has 2 amide bonds. The van der Waals surface area contributed by atoms with E-state index in [9.17, 15) is 9.59 Å². The average Bonchev–Trinajstić information content (AvgIpc) is 3.32. The molecule has 28 heavy (non-hydrogen) atoms. The summed E-state index contributed by atoms with van der Waals surface area (Å²) in [7, 11) is 0. The lowest BCUT2D eigenvalue weighted by Crippen LogP contribution is -2.64. The molecule has 0 aromatic heterocycles. The van der Waals surface area contributed by atoms with E-state index in [0.29, 0.717) is 17.8 Å². The molecule has 3 aliphatic carbocycles. The van der Waals surface area contributed by atoms with E-state index in [2.05, 4.69) is 45.3 Å². The van der Waals surface area contributed by atoms with Gasteiger partial charge in [-0.25, -0.2) is 0 Å². The fraction of sp³-hybridized carbons (Fsp3) is 0.913. The van der Waals surface area contributed by atoms with E-state index in [1.807, 2.05) is 0 Å². The van der Waals surface area contributed by atoms with Gasteiger partial charge in [-0.05, 0) is 82.5 Å². The Morgan fingerprint density at radius 2 is 1.86 bits per heavy atom. The standard InChI is InChI=1S/C23H36N2O3/c1-21(2,3)25-19(26)15-8-7-13-12-6-9-16-23(5,14(12)10-11-22(13,15)4)18-17(28-18)20(27)24-16/h12-18H,6-11H2,1-5H3,(H,24,27)(H,25,26)/t12-,13-,14-,15-,16+,17?,18?,22-,23+/m0/s1. The van der Waals surface area contributed by atoms with Crippen molar-refractivity contribution >= 4 is 11.8 Å². The van der Waals surface area contributed by atoms with Gasteiger partial charge in [0.25, 0.3) is 5.91 Å². The summed E-state index contributed by atoms with van der Waals surface area (Å²) in [6.07, 6.45) is 6.61. The molecule has 2 aliphatic heterocycles. The highest BCUT2D eigenvalue weighted by Crippen LogP contribution is 2.67. The van der Waals surface area contributed by atoms with Crippen LogP contribution in [0.15, 0.2) is 0 Å². The molecule has 9 atom stereocenters. The topological polar surface area (TPSA) is 70.7 Å². The number of ether oxygens (including phenoxy) is 1. The summed E-state index contributed by atoms with van der Waals surface area (Å²) in [4.78, 5) is 25.3. The Hall–Kier alpha value is -1.10. The predicted octanol–water partition coefficient (Wildman–Crippen LogP) is 3.03. The summed E-state index contributed by atoms with van der Waals surface area (Å²) >= 11 is 0. The van der Waals surface area contributed by atoms with Crippen LogP contribution in [-0.2, 0) is 14.3 Å². The molecule has 2 heterocycles. The molecule has 5 fully saturated rings. The maximum atomic E-state index is 13.1. The van der Waals surface area contributed by atoms with Crippen LogP contribution >= 0.6 is 0 Å². The highest BCUT2D eigenvalue weighted by Gasteiger charge is 2.70. The molecule has 5 rings (SSSR count). The largest absolute Gasteiger partial charge is 0.358 e. The Kier molecular flexibility index (Phi) is 3.87. The molecule has 0 spiro atoms. The summed E-state index contributed by atoms with van der Waals surface area (Å²) < 4.78 is 5.89. The maximum Gasteiger partial charge on any atom is 0.252 e. The zero-order valence-corrected chi connectivity index (χ0v) is 18.0. The number of fused-ring (bicyclic) bond motifs is 7. The van der Waals surface area contributed by atoms with Crippen LogP contribution in [-0.4, -0.2) is 35.6 Å². The summed E-state index contributed by atoms with van der Waals surface area (Å²) in [6, 6.07) is 0.260. The predicted molar refractivity (Wildman–Crippen MR) is 106 cm³/mol. The second-order valence-electron chi connectivity index (χ2n) is 11.8. The van der Waals surface area contributed by atoms with Crippen LogP contribution in [0.1, 0.15) is 73.1 Å². The first-order valence-electron chi connectivity index (χ1n) is 11.3. The molecule has 5 nitrogen and oxygen atoms in total. The van der Waals surface area contributed by atoms with Crippen molar-refractivity contribution < 1.29 is 14.3 Å². The van der Waals surface area contributed by atoms with E-state index in [-0.39, 0.29) is 52.4 Å². The van der Waals surface area contributed by atoms with Crippen molar-refractivity contribution in [3.8, 4) is 0 Å². The molecule has 2 saturated heterocycles. The molecule has 0 aromatic carbocycles. The van der Waals surface area contributed by atoms with Crippen LogP contribution in [0.5, 0.6) is 0 Å². The second-order valence-corrected chi connectivity index (χ2v) is 11.8. The molecule has 3 saturated carbocycles. The minimum atomic E-state index is -0.206. The fourth-order valence-corrected chi connectivity index (χ4v) is 7.95. The SMILES string of the molecule is CC(C)(C)NC(=O)[C@@H]1CC[C@H]2[C@@H]3CC[C@H]4NC(=O)C5OC5[C@]4(C)[C@H]3CC[C@]12C. The van der Waals surface area contributed by atoms with Gasteiger partial charge in [-0.1, -0.05) is 13.8 Å². The monoisotopic (exact) mass is 388 g/mol. The van der Waals surface area contributed by atoms with Gasteiger partial charge in [0.1, 0.15) is 6.10 Å². The quantitative estimate of drug-likeness (QED) is 0.679. The lowest BCUT2D eigenvalue weighted by Gasteiger charge is -2.59. The minimum Gasteiger partial charge on any atom is -0.358 e. The third-order valence-corrected chi connectivity index (χ3v) is 9.27. The van der Waals surface area contributed by atoms with Crippen LogP contribution < -0.4 is 10.6 Å². The maximum absolute atomic E-state index is 13.1. The third kappa shape index (κ3) is 2.47. The van der Waals surface area contributed by atoms with Gasteiger partial charge in [0.05, 0.1) is 0 Å². The molecule has 2 N–H and O–H groups in total. The highest BCUT2D eigenvalue weighted by molar-refractivity contribution is 5.85. The molecule has 2 unspecified atom stereocenters. The Balaban J connectivity index is 1.40. The van der Waals surface area contributed by atoms with Crippen LogP contribution in [0.2, 0.25) is 0 Å². The number of hydrogen-bond acceptors (Lipinski definition) is 3. The smallest absolute Gasteiger partial charge is 0.252 e. The first-order valence-corrected chi connectivity index (χ1v) is 11.3. The van der Waals surface area contributed by atoms with Crippen molar-refractivity contribution in [2.45, 2.75) is 96.9 Å². The molecular weight excluding hydrogens is 352 g/mol.